The molecule has 1 fully saturated rings. The maximum absolute atomic E-state index is 13.2. The molecule has 0 aliphatic carbocycles. The Morgan fingerprint density at radius 1 is 1.39 bits per heavy atom. The van der Waals surface area contributed by atoms with Gasteiger partial charge in [-0.05, 0) is 38.2 Å². The lowest BCUT2D eigenvalue weighted by Gasteiger charge is -2.35. The van der Waals surface area contributed by atoms with E-state index in [4.69, 9.17) is 5.73 Å². The van der Waals surface area contributed by atoms with E-state index in [9.17, 15) is 14.7 Å². The van der Waals surface area contributed by atoms with Gasteiger partial charge in [0.2, 0.25) is 0 Å². The highest BCUT2D eigenvalue weighted by molar-refractivity contribution is 8.00. The second-order valence-corrected chi connectivity index (χ2v) is 11.9. The third-order valence-electron chi connectivity index (χ3n) is 6.00. The number of carboxylic acids is 1. The summed E-state index contributed by atoms with van der Waals surface area (Å²) in [6.07, 6.45) is 3.49. The predicted molar refractivity (Wildman–Crippen MR) is 138 cm³/mol. The summed E-state index contributed by atoms with van der Waals surface area (Å²) in [6, 6.07) is -0.733. The molecule has 10 heteroatoms. The average Bonchev–Trinajstić information content (AvgIpc) is 3.03. The number of carbonyl (C=O) groups is 2. The van der Waals surface area contributed by atoms with Crippen LogP contribution in [0.25, 0.3) is 0 Å². The van der Waals surface area contributed by atoms with E-state index in [2.05, 4.69) is 55.9 Å². The van der Waals surface area contributed by atoms with Gasteiger partial charge in [-0.2, -0.15) is 24.4 Å². The number of rotatable bonds is 16. The van der Waals surface area contributed by atoms with Crippen LogP contribution in [-0.4, -0.2) is 93.9 Å². The highest BCUT2D eigenvalue weighted by atomic mass is 32.2. The molecule has 0 unspecified atom stereocenters. The lowest BCUT2D eigenvalue weighted by molar-refractivity contribution is -0.139. The van der Waals surface area contributed by atoms with Gasteiger partial charge in [0.1, 0.15) is 6.04 Å². The van der Waals surface area contributed by atoms with E-state index in [1.54, 1.807) is 23.5 Å². The van der Waals surface area contributed by atoms with E-state index in [1.165, 1.54) is 0 Å². The molecule has 0 bridgehead atoms. The van der Waals surface area contributed by atoms with Gasteiger partial charge in [-0.1, -0.05) is 20.3 Å². The Morgan fingerprint density at radius 2 is 2.06 bits per heavy atom. The highest BCUT2D eigenvalue weighted by Crippen LogP contribution is 2.39. The minimum absolute atomic E-state index is 0.00449. The first-order chi connectivity index (χ1) is 14.6. The Morgan fingerprint density at radius 3 is 2.61 bits per heavy atom. The second-order valence-electron chi connectivity index (χ2n) is 8.91. The number of thioether (sulfide) groups is 2. The van der Waals surface area contributed by atoms with Crippen LogP contribution >= 0.6 is 36.2 Å². The van der Waals surface area contributed by atoms with Gasteiger partial charge in [0.15, 0.2) is 5.78 Å². The summed E-state index contributed by atoms with van der Waals surface area (Å²) < 4.78 is -0.224. The van der Waals surface area contributed by atoms with Gasteiger partial charge in [-0.3, -0.25) is 19.8 Å². The van der Waals surface area contributed by atoms with E-state index in [-0.39, 0.29) is 35.2 Å². The van der Waals surface area contributed by atoms with Crippen LogP contribution in [0.5, 0.6) is 0 Å². The molecule has 0 aromatic heterocycles. The molecule has 5 N–H and O–H groups in total. The molecule has 31 heavy (non-hydrogen) atoms. The van der Waals surface area contributed by atoms with E-state index >= 15 is 0 Å². The maximum atomic E-state index is 13.2. The number of carboxylic acid groups (broad SMARTS) is 1. The minimum atomic E-state index is -0.902. The van der Waals surface area contributed by atoms with Gasteiger partial charge in [-0.25, -0.2) is 0 Å². The van der Waals surface area contributed by atoms with Crippen LogP contribution < -0.4 is 16.4 Å². The molecule has 0 aromatic carbocycles. The Kier molecular flexibility index (Phi) is 13.4. The summed E-state index contributed by atoms with van der Waals surface area (Å²) in [4.78, 5) is 27.0. The monoisotopic (exact) mass is 494 g/mol. The molecule has 182 valence electrons. The van der Waals surface area contributed by atoms with Crippen LogP contribution in [0.1, 0.15) is 40.5 Å². The van der Waals surface area contributed by atoms with Crippen molar-refractivity contribution >= 4 is 47.9 Å². The summed E-state index contributed by atoms with van der Waals surface area (Å²) in [5.41, 5.74) is 6.05. The van der Waals surface area contributed by atoms with Crippen molar-refractivity contribution in [1.82, 2.24) is 15.5 Å². The summed E-state index contributed by atoms with van der Waals surface area (Å²) in [7, 11) is 0. The fraction of sp³-hybridized carbons (Fsp3) is 0.905. The summed E-state index contributed by atoms with van der Waals surface area (Å²) in [5.74, 6) is 1.75. The molecule has 0 saturated carbocycles. The van der Waals surface area contributed by atoms with E-state index in [0.29, 0.717) is 24.6 Å². The van der Waals surface area contributed by atoms with E-state index in [0.717, 1.165) is 24.6 Å². The summed E-state index contributed by atoms with van der Waals surface area (Å²) in [5, 5.41) is 16.0. The van der Waals surface area contributed by atoms with Crippen molar-refractivity contribution in [2.45, 2.75) is 69.5 Å². The summed E-state index contributed by atoms with van der Waals surface area (Å²) in [6.45, 7) is 10.1. The number of Topliss-reactive ketones (excluding diaryl/α,β-unsaturated/α-hetero) is 1. The van der Waals surface area contributed by atoms with Gasteiger partial charge in [0.05, 0.1) is 12.6 Å². The van der Waals surface area contributed by atoms with Crippen molar-refractivity contribution < 1.29 is 14.7 Å². The molecule has 1 saturated heterocycles. The van der Waals surface area contributed by atoms with Crippen LogP contribution in [0.4, 0.5) is 0 Å². The van der Waals surface area contributed by atoms with Gasteiger partial charge in [0.25, 0.3) is 0 Å². The average molecular weight is 495 g/mol. The molecule has 1 aliphatic heterocycles. The number of ketones is 1. The number of hydrogen-bond donors (Lipinski definition) is 5. The molecule has 0 aromatic rings. The molecule has 0 spiro atoms. The van der Waals surface area contributed by atoms with Crippen LogP contribution in [0.2, 0.25) is 0 Å². The van der Waals surface area contributed by atoms with Crippen molar-refractivity contribution in [1.29, 1.82) is 0 Å². The standard InChI is InChI=1S/C21H42N4O3S3/c1-6-14(2)17(23-9-15(22)12-29)11-25-13-31-21(3,4)19(25)18(26)10-24-16(20(27)28)7-8-30-5/h14-17,19,23-24,29H,6-13,22H2,1-5H3,(H,27,28)/t14-,15+,16-,17+,19+/m0/s1. The van der Waals surface area contributed by atoms with Gasteiger partial charge >= 0.3 is 5.97 Å². The largest absolute Gasteiger partial charge is 0.480 e. The molecular formula is C21H42N4O3S3. The van der Waals surface area contributed by atoms with E-state index < -0.39 is 12.0 Å². The lowest BCUT2D eigenvalue weighted by Crippen LogP contribution is -2.55. The molecule has 5 atom stereocenters. The SMILES string of the molecule is CC[C@H](C)[C@@H](CN1CSC(C)(C)[C@H]1C(=O)CN[C@@H](CCSC)C(=O)O)NC[C@@H](N)CS. The van der Waals surface area contributed by atoms with Gasteiger partial charge in [0, 0.05) is 41.5 Å². The zero-order chi connectivity index (χ0) is 23.6. The van der Waals surface area contributed by atoms with Crippen molar-refractivity contribution in [3.8, 4) is 0 Å². The zero-order valence-corrected chi connectivity index (χ0v) is 22.1. The Labute approximate surface area is 202 Å². The number of nitrogens with one attached hydrogen (secondary N) is 2. The molecular weight excluding hydrogens is 452 g/mol. The van der Waals surface area contributed by atoms with Gasteiger partial charge in [-0.15, -0.1) is 11.8 Å². The van der Waals surface area contributed by atoms with E-state index in [1.807, 2.05) is 6.26 Å². The first-order valence-electron chi connectivity index (χ1n) is 11.0. The third-order valence-corrected chi connectivity index (χ3v) is 8.54. The number of nitrogens with two attached hydrogens (primary N) is 1. The molecule has 0 amide bonds. The second kappa shape index (κ2) is 14.3. The number of carbonyl (C=O) groups excluding carboxylic acids is 1. The molecule has 1 rings (SSSR count). The van der Waals surface area contributed by atoms with Crippen molar-refractivity contribution in [2.75, 3.05) is 43.3 Å². The van der Waals surface area contributed by atoms with Crippen LogP contribution in [0.3, 0.4) is 0 Å². The van der Waals surface area contributed by atoms with Crippen molar-refractivity contribution in [3.63, 3.8) is 0 Å². The molecule has 1 aliphatic rings. The lowest BCUT2D eigenvalue weighted by atomic mass is 9.94. The number of hydrogen-bond acceptors (Lipinski definition) is 9. The maximum Gasteiger partial charge on any atom is 0.320 e. The Bertz CT molecular complexity index is 568. The Hall–Kier alpha value is 0.0300. The molecule has 7 nitrogen and oxygen atoms in total. The van der Waals surface area contributed by atoms with Crippen LogP contribution in [-0.2, 0) is 9.59 Å². The molecule has 1 heterocycles. The Balaban J connectivity index is 2.84. The smallest absolute Gasteiger partial charge is 0.320 e. The van der Waals surface area contributed by atoms with Crippen LogP contribution in [0.15, 0.2) is 0 Å². The van der Waals surface area contributed by atoms with Gasteiger partial charge < -0.3 is 16.2 Å². The third kappa shape index (κ3) is 9.43. The predicted octanol–water partition coefficient (Wildman–Crippen LogP) is 1.77. The number of nitrogens with zero attached hydrogens (tertiary/aromatic N) is 1. The van der Waals surface area contributed by atoms with Crippen LogP contribution in [0, 0.1) is 5.92 Å². The first-order valence-corrected chi connectivity index (χ1v) is 14.0. The highest BCUT2D eigenvalue weighted by Gasteiger charge is 2.46. The first kappa shape index (κ1) is 29.1. The fourth-order valence-electron chi connectivity index (χ4n) is 3.81. The topological polar surface area (TPSA) is 108 Å². The minimum Gasteiger partial charge on any atom is -0.480 e. The number of thiol groups is 1. The quantitative estimate of drug-likeness (QED) is 0.205. The molecule has 0 radical (unpaired) electrons. The van der Waals surface area contributed by atoms with Crippen molar-refractivity contribution in [2.24, 2.45) is 11.7 Å². The summed E-state index contributed by atoms with van der Waals surface area (Å²) >= 11 is 7.66. The number of aliphatic carboxylic acids is 1. The zero-order valence-electron chi connectivity index (χ0n) is 19.6. The fourth-order valence-corrected chi connectivity index (χ4v) is 5.60. The normalized spacial score (nSPS) is 22.7. The van der Waals surface area contributed by atoms with Crippen molar-refractivity contribution in [3.05, 3.63) is 0 Å².